The second-order valence-electron chi connectivity index (χ2n) is 4.69. The van der Waals surface area contributed by atoms with E-state index in [1.807, 2.05) is 13.8 Å². The van der Waals surface area contributed by atoms with Crippen molar-refractivity contribution in [1.82, 2.24) is 4.90 Å². The van der Waals surface area contributed by atoms with Crippen LogP contribution >= 0.6 is 0 Å². The number of carbonyl (C=O) groups is 4. The molecule has 7 heteroatoms. The van der Waals surface area contributed by atoms with Gasteiger partial charge in [0.1, 0.15) is 6.61 Å². The lowest BCUT2D eigenvalue weighted by atomic mass is 9.97. The summed E-state index contributed by atoms with van der Waals surface area (Å²) in [6, 6.07) is 0. The van der Waals surface area contributed by atoms with Crippen molar-refractivity contribution in [3.63, 3.8) is 0 Å². The fraction of sp³-hybridized carbons (Fsp3) is 0.571. The van der Waals surface area contributed by atoms with Gasteiger partial charge in [-0.15, -0.1) is 0 Å². The first kappa shape index (κ1) is 18.8. The first-order valence-electron chi connectivity index (χ1n) is 6.52. The Morgan fingerprint density at radius 2 is 1.67 bits per heavy atom. The number of nitrogens with zero attached hydrogens (tertiary/aromatic N) is 1. The number of ether oxygens (including phenoxy) is 2. The Bertz CT molecular complexity index is 416. The van der Waals surface area contributed by atoms with Gasteiger partial charge in [0.05, 0.1) is 13.7 Å². The third-order valence-electron chi connectivity index (χ3n) is 2.93. The Morgan fingerprint density at radius 3 is 2.14 bits per heavy atom. The average Bonchev–Trinajstić information content (AvgIpc) is 2.47. The molecule has 0 fully saturated rings. The SMILES string of the molecule is COC(=O)/C=C/C(=O)OCCN(C=O)C(=O)C(C)C(C)C. The molecule has 0 aromatic carbocycles. The summed E-state index contributed by atoms with van der Waals surface area (Å²) in [6.45, 7) is 5.32. The molecule has 0 aliphatic heterocycles. The zero-order chi connectivity index (χ0) is 16.4. The van der Waals surface area contributed by atoms with Crippen molar-refractivity contribution in [2.45, 2.75) is 20.8 Å². The minimum Gasteiger partial charge on any atom is -0.466 e. The Morgan fingerprint density at radius 1 is 1.10 bits per heavy atom. The Balaban J connectivity index is 4.27. The summed E-state index contributed by atoms with van der Waals surface area (Å²) in [5.74, 6) is -1.95. The topological polar surface area (TPSA) is 90.0 Å². The van der Waals surface area contributed by atoms with Gasteiger partial charge >= 0.3 is 11.9 Å². The molecular formula is C14H21NO6. The Labute approximate surface area is 123 Å². The fourth-order valence-corrected chi connectivity index (χ4v) is 1.26. The third-order valence-corrected chi connectivity index (χ3v) is 2.93. The molecule has 1 atom stereocenters. The highest BCUT2D eigenvalue weighted by molar-refractivity contribution is 5.91. The van der Waals surface area contributed by atoms with Crippen molar-refractivity contribution < 1.29 is 28.7 Å². The Hall–Kier alpha value is -2.18. The molecule has 0 saturated heterocycles. The van der Waals surface area contributed by atoms with E-state index in [4.69, 9.17) is 4.74 Å². The minimum atomic E-state index is -0.754. The van der Waals surface area contributed by atoms with Crippen LogP contribution in [0.15, 0.2) is 12.2 Å². The van der Waals surface area contributed by atoms with Crippen LogP contribution in [0.5, 0.6) is 0 Å². The molecule has 1 unspecified atom stereocenters. The second-order valence-corrected chi connectivity index (χ2v) is 4.69. The monoisotopic (exact) mass is 299 g/mol. The van der Waals surface area contributed by atoms with Gasteiger partial charge in [-0.1, -0.05) is 20.8 Å². The van der Waals surface area contributed by atoms with Crippen LogP contribution in [0.3, 0.4) is 0 Å². The van der Waals surface area contributed by atoms with Crippen molar-refractivity contribution in [3.05, 3.63) is 12.2 Å². The van der Waals surface area contributed by atoms with Gasteiger partial charge in [0, 0.05) is 18.1 Å². The summed E-state index contributed by atoms with van der Waals surface area (Å²) in [4.78, 5) is 45.8. The van der Waals surface area contributed by atoms with E-state index in [1.165, 1.54) is 7.11 Å². The zero-order valence-electron chi connectivity index (χ0n) is 12.7. The molecule has 0 aromatic rings. The van der Waals surface area contributed by atoms with Crippen LogP contribution in [0.1, 0.15) is 20.8 Å². The molecule has 118 valence electrons. The highest BCUT2D eigenvalue weighted by Crippen LogP contribution is 2.12. The van der Waals surface area contributed by atoms with Crippen LogP contribution in [0, 0.1) is 11.8 Å². The molecule has 0 saturated carbocycles. The lowest BCUT2D eigenvalue weighted by molar-refractivity contribution is -0.146. The number of esters is 2. The summed E-state index contributed by atoms with van der Waals surface area (Å²) in [5, 5.41) is 0. The molecule has 0 heterocycles. The summed E-state index contributed by atoms with van der Waals surface area (Å²) in [5.41, 5.74) is 0. The standard InChI is InChI=1S/C14H21NO6/c1-10(2)11(3)14(19)15(9-16)7-8-21-13(18)6-5-12(17)20-4/h5-6,9-11H,7-8H2,1-4H3/b6-5+. The van der Waals surface area contributed by atoms with Gasteiger partial charge in [-0.25, -0.2) is 9.59 Å². The maximum absolute atomic E-state index is 11.9. The average molecular weight is 299 g/mol. The molecule has 2 amide bonds. The molecule has 0 aromatic heterocycles. The number of methoxy groups -OCH3 is 1. The van der Waals surface area contributed by atoms with E-state index in [-0.39, 0.29) is 30.9 Å². The number of carbonyl (C=O) groups excluding carboxylic acids is 4. The molecule has 21 heavy (non-hydrogen) atoms. The number of amides is 2. The minimum absolute atomic E-state index is 0.0306. The number of hydrogen-bond acceptors (Lipinski definition) is 6. The van der Waals surface area contributed by atoms with E-state index >= 15 is 0 Å². The quantitative estimate of drug-likeness (QED) is 0.369. The second kappa shape index (κ2) is 9.68. The van der Waals surface area contributed by atoms with Crippen molar-refractivity contribution in [3.8, 4) is 0 Å². The van der Waals surface area contributed by atoms with Crippen LogP contribution in [0.2, 0.25) is 0 Å². The molecule has 0 aliphatic carbocycles. The van der Waals surface area contributed by atoms with Crippen LogP contribution in [-0.2, 0) is 28.7 Å². The molecular weight excluding hydrogens is 278 g/mol. The van der Waals surface area contributed by atoms with Crippen molar-refractivity contribution in [2.75, 3.05) is 20.3 Å². The molecule has 0 radical (unpaired) electrons. The Kier molecular flexibility index (Phi) is 8.68. The fourth-order valence-electron chi connectivity index (χ4n) is 1.26. The number of imide groups is 1. The zero-order valence-corrected chi connectivity index (χ0v) is 12.7. The van der Waals surface area contributed by atoms with Crippen molar-refractivity contribution in [2.24, 2.45) is 11.8 Å². The lowest BCUT2D eigenvalue weighted by Crippen LogP contribution is -2.38. The molecule has 0 N–H and O–H groups in total. The van der Waals surface area contributed by atoms with Gasteiger partial charge in [0.2, 0.25) is 12.3 Å². The van der Waals surface area contributed by atoms with Crippen molar-refractivity contribution >= 4 is 24.3 Å². The van der Waals surface area contributed by atoms with Gasteiger partial charge in [-0.05, 0) is 5.92 Å². The van der Waals surface area contributed by atoms with Gasteiger partial charge in [0.25, 0.3) is 0 Å². The van der Waals surface area contributed by atoms with Gasteiger partial charge in [-0.3, -0.25) is 14.5 Å². The van der Waals surface area contributed by atoms with Crippen LogP contribution < -0.4 is 0 Å². The highest BCUT2D eigenvalue weighted by atomic mass is 16.5. The van der Waals surface area contributed by atoms with Gasteiger partial charge in [0.15, 0.2) is 0 Å². The molecule has 0 rings (SSSR count). The number of rotatable bonds is 8. The summed E-state index contributed by atoms with van der Waals surface area (Å²) in [7, 11) is 1.18. The smallest absolute Gasteiger partial charge is 0.331 e. The van der Waals surface area contributed by atoms with E-state index in [1.54, 1.807) is 6.92 Å². The summed E-state index contributed by atoms with van der Waals surface area (Å²) in [6.07, 6.45) is 2.25. The normalized spacial score (nSPS) is 12.0. The third kappa shape index (κ3) is 7.24. The largest absolute Gasteiger partial charge is 0.466 e. The van der Waals surface area contributed by atoms with Crippen LogP contribution in [0.25, 0.3) is 0 Å². The van der Waals surface area contributed by atoms with Gasteiger partial charge < -0.3 is 9.47 Å². The molecule has 0 aliphatic rings. The maximum atomic E-state index is 11.9. The summed E-state index contributed by atoms with van der Waals surface area (Å²) < 4.78 is 9.08. The molecule has 0 spiro atoms. The first-order chi connectivity index (χ1) is 9.83. The van der Waals surface area contributed by atoms with Crippen LogP contribution in [0.4, 0.5) is 0 Å². The van der Waals surface area contributed by atoms with E-state index in [2.05, 4.69) is 4.74 Å². The van der Waals surface area contributed by atoms with E-state index < -0.39 is 11.9 Å². The highest BCUT2D eigenvalue weighted by Gasteiger charge is 2.22. The number of hydrogen-bond donors (Lipinski definition) is 0. The first-order valence-corrected chi connectivity index (χ1v) is 6.52. The predicted molar refractivity (Wildman–Crippen MR) is 73.9 cm³/mol. The summed E-state index contributed by atoms with van der Waals surface area (Å²) >= 11 is 0. The van der Waals surface area contributed by atoms with Gasteiger partial charge in [-0.2, -0.15) is 0 Å². The van der Waals surface area contributed by atoms with Crippen LogP contribution in [-0.4, -0.2) is 49.4 Å². The molecule has 0 bridgehead atoms. The van der Waals surface area contributed by atoms with E-state index in [0.717, 1.165) is 17.1 Å². The van der Waals surface area contributed by atoms with Crippen molar-refractivity contribution in [1.29, 1.82) is 0 Å². The van der Waals surface area contributed by atoms with E-state index in [0.29, 0.717) is 6.41 Å². The lowest BCUT2D eigenvalue weighted by Gasteiger charge is -2.21. The molecule has 7 nitrogen and oxygen atoms in total. The van der Waals surface area contributed by atoms with E-state index in [9.17, 15) is 19.2 Å². The predicted octanol–water partition coefficient (Wildman–Crippen LogP) is 0.536. The maximum Gasteiger partial charge on any atom is 0.331 e.